The molecule has 1 N–H and O–H groups in total. The van der Waals surface area contributed by atoms with Gasteiger partial charge in [0, 0.05) is 6.42 Å². The van der Waals surface area contributed by atoms with Crippen molar-refractivity contribution in [2.75, 3.05) is 0 Å². The molecule has 0 saturated carbocycles. The van der Waals surface area contributed by atoms with Gasteiger partial charge in [-0.3, -0.25) is 4.79 Å². The molecule has 0 heterocycles. The molecule has 2 nitrogen and oxygen atoms in total. The van der Waals surface area contributed by atoms with Crippen LogP contribution in [0.15, 0.2) is 0 Å². The van der Waals surface area contributed by atoms with Crippen LogP contribution in [0.3, 0.4) is 0 Å². The van der Waals surface area contributed by atoms with Crippen molar-refractivity contribution >= 4 is 5.97 Å². The molecule has 20 heavy (non-hydrogen) atoms. The number of hydrogen-bond acceptors (Lipinski definition) is 1. The molecule has 0 aliphatic carbocycles. The van der Waals surface area contributed by atoms with Gasteiger partial charge in [-0.2, -0.15) is 0 Å². The third-order valence-electron chi connectivity index (χ3n) is 3.82. The normalized spacial score (nSPS) is 11.8. The highest BCUT2D eigenvalue weighted by atomic mass is 16.4. The van der Waals surface area contributed by atoms with E-state index in [1.54, 1.807) is 0 Å². The van der Waals surface area contributed by atoms with Crippen molar-refractivity contribution in [3.8, 4) is 0 Å². The van der Waals surface area contributed by atoms with Gasteiger partial charge in [-0.05, 0) is 18.3 Å². The zero-order chi connectivity index (χ0) is 15.3. The van der Waals surface area contributed by atoms with E-state index in [2.05, 4.69) is 20.8 Å². The Morgan fingerprint density at radius 1 is 0.700 bits per heavy atom. The lowest BCUT2D eigenvalue weighted by molar-refractivity contribution is -0.137. The third kappa shape index (κ3) is 17.5. The monoisotopic (exact) mass is 284 g/mol. The Balaban J connectivity index is 3.05. The Kier molecular flexibility index (Phi) is 11.9. The van der Waals surface area contributed by atoms with Crippen LogP contribution >= 0.6 is 0 Å². The van der Waals surface area contributed by atoms with Crippen molar-refractivity contribution in [2.45, 2.75) is 104 Å². The lowest BCUT2D eigenvalue weighted by Crippen LogP contribution is -2.03. The van der Waals surface area contributed by atoms with Crippen molar-refractivity contribution < 1.29 is 9.90 Å². The SMILES string of the molecule is CC(C)(C)CCCCCCCCCCCCCC(=O)O. The largest absolute Gasteiger partial charge is 0.481 e. The Hall–Kier alpha value is -0.530. The summed E-state index contributed by atoms with van der Waals surface area (Å²) in [6.07, 6.45) is 15.7. The first-order valence-electron chi connectivity index (χ1n) is 8.63. The number of carboxylic acid groups (broad SMARTS) is 1. The fourth-order valence-corrected chi connectivity index (χ4v) is 2.52. The summed E-state index contributed by atoms with van der Waals surface area (Å²) in [5, 5.41) is 8.52. The molecule has 0 amide bonds. The molecule has 120 valence electrons. The Morgan fingerprint density at radius 3 is 1.40 bits per heavy atom. The molecule has 0 aliphatic rings. The van der Waals surface area contributed by atoms with E-state index in [0.717, 1.165) is 12.8 Å². The van der Waals surface area contributed by atoms with Gasteiger partial charge in [0.15, 0.2) is 0 Å². The number of rotatable bonds is 13. The minimum absolute atomic E-state index is 0.342. The van der Waals surface area contributed by atoms with Crippen molar-refractivity contribution in [2.24, 2.45) is 5.41 Å². The fourth-order valence-electron chi connectivity index (χ4n) is 2.52. The maximum Gasteiger partial charge on any atom is 0.303 e. The summed E-state index contributed by atoms with van der Waals surface area (Å²) in [5.41, 5.74) is 0.501. The average molecular weight is 284 g/mol. The minimum Gasteiger partial charge on any atom is -0.481 e. The highest BCUT2D eigenvalue weighted by Gasteiger charge is 2.08. The molecule has 0 unspecified atom stereocenters. The van der Waals surface area contributed by atoms with Crippen LogP contribution in [-0.2, 0) is 4.79 Å². The van der Waals surface area contributed by atoms with Crippen LogP contribution in [0.4, 0.5) is 0 Å². The van der Waals surface area contributed by atoms with E-state index in [4.69, 9.17) is 5.11 Å². The van der Waals surface area contributed by atoms with Crippen LogP contribution in [0.5, 0.6) is 0 Å². The topological polar surface area (TPSA) is 37.3 Å². The van der Waals surface area contributed by atoms with Gasteiger partial charge in [0.2, 0.25) is 0 Å². The van der Waals surface area contributed by atoms with Crippen molar-refractivity contribution in [1.29, 1.82) is 0 Å². The molecule has 0 aromatic carbocycles. The zero-order valence-electron chi connectivity index (χ0n) is 14.0. The highest BCUT2D eigenvalue weighted by Crippen LogP contribution is 2.22. The molecular formula is C18H36O2. The maximum absolute atomic E-state index is 10.3. The maximum atomic E-state index is 10.3. The molecule has 2 heteroatoms. The number of aliphatic carboxylic acids is 1. The molecule has 0 rings (SSSR count). The van der Waals surface area contributed by atoms with Gasteiger partial charge in [-0.25, -0.2) is 0 Å². The summed E-state index contributed by atoms with van der Waals surface area (Å²) in [6.45, 7) is 6.97. The van der Waals surface area contributed by atoms with Crippen LogP contribution in [0.2, 0.25) is 0 Å². The Bertz CT molecular complexity index is 228. The van der Waals surface area contributed by atoms with Gasteiger partial charge < -0.3 is 5.11 Å². The zero-order valence-corrected chi connectivity index (χ0v) is 14.0. The van der Waals surface area contributed by atoms with Gasteiger partial charge in [-0.15, -0.1) is 0 Å². The molecule has 0 radical (unpaired) electrons. The van der Waals surface area contributed by atoms with E-state index in [1.165, 1.54) is 64.2 Å². The number of unbranched alkanes of at least 4 members (excludes halogenated alkanes) is 10. The molecule has 0 fully saturated rings. The first-order valence-corrected chi connectivity index (χ1v) is 8.63. The van der Waals surface area contributed by atoms with Crippen LogP contribution in [0, 0.1) is 5.41 Å². The van der Waals surface area contributed by atoms with Crippen LogP contribution in [-0.4, -0.2) is 11.1 Å². The van der Waals surface area contributed by atoms with Crippen LogP contribution in [0.25, 0.3) is 0 Å². The predicted octanol–water partition coefficient (Wildman–Crippen LogP) is 6.19. The average Bonchev–Trinajstić information content (AvgIpc) is 2.33. The summed E-state index contributed by atoms with van der Waals surface area (Å²) in [4.78, 5) is 10.3. The quantitative estimate of drug-likeness (QED) is 0.409. The Labute approximate surface area is 126 Å². The molecule has 0 aliphatic heterocycles. The first kappa shape index (κ1) is 19.5. The predicted molar refractivity (Wildman–Crippen MR) is 87.1 cm³/mol. The second-order valence-electron chi connectivity index (χ2n) is 7.34. The van der Waals surface area contributed by atoms with E-state index >= 15 is 0 Å². The molecule has 0 aromatic heterocycles. The fraction of sp³-hybridized carbons (Fsp3) is 0.944. The lowest BCUT2D eigenvalue weighted by atomic mass is 9.89. The summed E-state index contributed by atoms with van der Waals surface area (Å²) in [6, 6.07) is 0. The van der Waals surface area contributed by atoms with Crippen LogP contribution in [0.1, 0.15) is 104 Å². The molecule has 0 spiro atoms. The van der Waals surface area contributed by atoms with Gasteiger partial charge >= 0.3 is 5.97 Å². The van der Waals surface area contributed by atoms with E-state index in [-0.39, 0.29) is 0 Å². The third-order valence-corrected chi connectivity index (χ3v) is 3.82. The van der Waals surface area contributed by atoms with E-state index in [1.807, 2.05) is 0 Å². The molecule has 0 saturated heterocycles. The summed E-state index contributed by atoms with van der Waals surface area (Å²) >= 11 is 0. The van der Waals surface area contributed by atoms with Gasteiger partial charge in [0.25, 0.3) is 0 Å². The van der Waals surface area contributed by atoms with Gasteiger partial charge in [0.05, 0.1) is 0 Å². The van der Waals surface area contributed by atoms with E-state index in [0.29, 0.717) is 11.8 Å². The lowest BCUT2D eigenvalue weighted by Gasteiger charge is -2.17. The van der Waals surface area contributed by atoms with E-state index < -0.39 is 5.97 Å². The molecule has 0 aromatic rings. The van der Waals surface area contributed by atoms with Crippen molar-refractivity contribution in [3.63, 3.8) is 0 Å². The first-order chi connectivity index (χ1) is 9.42. The van der Waals surface area contributed by atoms with Gasteiger partial charge in [-0.1, -0.05) is 85.0 Å². The second-order valence-corrected chi connectivity index (χ2v) is 7.34. The smallest absolute Gasteiger partial charge is 0.303 e. The van der Waals surface area contributed by atoms with Crippen molar-refractivity contribution in [3.05, 3.63) is 0 Å². The standard InChI is InChI=1S/C18H36O2/c1-18(2,3)16-14-12-10-8-6-4-5-7-9-11-13-15-17(19)20/h4-16H2,1-3H3,(H,19,20). The van der Waals surface area contributed by atoms with E-state index in [9.17, 15) is 4.79 Å². The van der Waals surface area contributed by atoms with Crippen LogP contribution < -0.4 is 0 Å². The summed E-state index contributed by atoms with van der Waals surface area (Å²) < 4.78 is 0. The minimum atomic E-state index is -0.656. The highest BCUT2D eigenvalue weighted by molar-refractivity contribution is 5.66. The Morgan fingerprint density at radius 2 is 1.05 bits per heavy atom. The van der Waals surface area contributed by atoms with Gasteiger partial charge in [0.1, 0.15) is 0 Å². The number of hydrogen-bond donors (Lipinski definition) is 1. The summed E-state index contributed by atoms with van der Waals surface area (Å²) in [7, 11) is 0. The molecule has 0 atom stereocenters. The molecular weight excluding hydrogens is 248 g/mol. The summed E-state index contributed by atoms with van der Waals surface area (Å²) in [5.74, 6) is -0.656. The second kappa shape index (κ2) is 12.2. The van der Waals surface area contributed by atoms with Crippen molar-refractivity contribution in [1.82, 2.24) is 0 Å². The number of carboxylic acids is 1. The number of carbonyl (C=O) groups is 1. The molecule has 0 bridgehead atoms.